The van der Waals surface area contributed by atoms with Gasteiger partial charge in [0.2, 0.25) is 0 Å². The summed E-state index contributed by atoms with van der Waals surface area (Å²) >= 11 is 0. The van der Waals surface area contributed by atoms with Crippen molar-refractivity contribution in [3.63, 3.8) is 0 Å². The van der Waals surface area contributed by atoms with Gasteiger partial charge in [0, 0.05) is 0 Å². The molecule has 0 aliphatic carbocycles. The van der Waals surface area contributed by atoms with Crippen molar-refractivity contribution < 1.29 is 26.2 Å². The molecule has 142 valence electrons. The molecular weight excluding hydrogens is 450 g/mol. The van der Waals surface area contributed by atoms with Gasteiger partial charge in [0.15, 0.2) is 0 Å². The average molecular weight is 479 g/mol. The summed E-state index contributed by atoms with van der Waals surface area (Å²) in [5, 5.41) is 5.39. The van der Waals surface area contributed by atoms with Crippen LogP contribution in [-0.4, -0.2) is 0 Å². The Bertz CT molecular complexity index is 734. The summed E-state index contributed by atoms with van der Waals surface area (Å²) in [6.07, 6.45) is 1.92. The molecule has 0 nitrogen and oxygen atoms in total. The van der Waals surface area contributed by atoms with Crippen LogP contribution < -0.4 is 0 Å². The maximum Gasteiger partial charge on any atom is 4.00 e. The van der Waals surface area contributed by atoms with Gasteiger partial charge < -0.3 is 13.8 Å². The van der Waals surface area contributed by atoms with Gasteiger partial charge in [-0.3, -0.25) is 0 Å². The standard InChI is InChI=1S/2C10H9.C4H8.2ClH.Zr/c2*1-8-6-9-4-2-3-5-10(9)7-8;1-3-4-2;;;/h2*2-7H,1H3;1-4H2;2*1H;/q2*-1;-2;;;+4. The van der Waals surface area contributed by atoms with E-state index in [0.717, 1.165) is 12.8 Å². The van der Waals surface area contributed by atoms with Gasteiger partial charge in [-0.25, -0.2) is 12.8 Å². The molecule has 0 radical (unpaired) electrons. The Morgan fingerprint density at radius 3 is 1.30 bits per heavy atom. The van der Waals surface area contributed by atoms with Gasteiger partial charge in [-0.1, -0.05) is 26.0 Å². The molecule has 0 N–H and O–H groups in total. The molecule has 0 atom stereocenters. The number of benzene rings is 2. The number of hydrogen-bond donors (Lipinski definition) is 0. The quantitative estimate of drug-likeness (QED) is 0.243. The third kappa shape index (κ3) is 9.24. The van der Waals surface area contributed by atoms with Gasteiger partial charge in [0.05, 0.1) is 0 Å². The summed E-state index contributed by atoms with van der Waals surface area (Å²) in [7, 11) is 0. The maximum atomic E-state index is 3.54. The zero-order valence-corrected chi connectivity index (χ0v) is 20.2. The van der Waals surface area contributed by atoms with Crippen LogP contribution in [0.4, 0.5) is 0 Å². The maximum absolute atomic E-state index is 3.54. The third-order valence-electron chi connectivity index (χ3n) is 3.77. The van der Waals surface area contributed by atoms with Gasteiger partial charge in [0.25, 0.3) is 0 Å². The van der Waals surface area contributed by atoms with Crippen LogP contribution in [0.15, 0.2) is 72.8 Å². The number of hydrogen-bond acceptors (Lipinski definition) is 0. The Balaban J connectivity index is 0. The molecule has 0 aliphatic heterocycles. The first-order chi connectivity index (χ1) is 11.6. The van der Waals surface area contributed by atoms with Gasteiger partial charge in [-0.05, 0) is 0 Å². The van der Waals surface area contributed by atoms with E-state index < -0.39 is 0 Å². The van der Waals surface area contributed by atoms with Crippen molar-refractivity contribution >= 4 is 46.4 Å². The second-order valence-electron chi connectivity index (χ2n) is 6.03. The fourth-order valence-corrected chi connectivity index (χ4v) is 2.61. The normalized spacial score (nSPS) is 8.89. The van der Waals surface area contributed by atoms with Crippen molar-refractivity contribution in [1.82, 2.24) is 0 Å². The molecule has 0 saturated carbocycles. The van der Waals surface area contributed by atoms with Crippen molar-refractivity contribution in [1.29, 1.82) is 0 Å². The molecule has 0 spiro atoms. The van der Waals surface area contributed by atoms with E-state index in [-0.39, 0.29) is 51.0 Å². The molecule has 0 aromatic heterocycles. The van der Waals surface area contributed by atoms with Crippen LogP contribution in [0.2, 0.25) is 0 Å². The minimum atomic E-state index is 0. The molecule has 0 heterocycles. The van der Waals surface area contributed by atoms with E-state index in [9.17, 15) is 0 Å². The molecule has 0 saturated heterocycles. The minimum absolute atomic E-state index is 0. The van der Waals surface area contributed by atoms with E-state index in [1.54, 1.807) is 0 Å². The molecule has 4 rings (SSSR count). The van der Waals surface area contributed by atoms with E-state index in [1.807, 2.05) is 0 Å². The monoisotopic (exact) mass is 476 g/mol. The summed E-state index contributed by atoms with van der Waals surface area (Å²) in [4.78, 5) is 0. The van der Waals surface area contributed by atoms with Crippen molar-refractivity contribution in [3.8, 4) is 0 Å². The molecular formula is C24H28Cl2Zr. The minimum Gasteiger partial charge on any atom is -0.346 e. The summed E-state index contributed by atoms with van der Waals surface area (Å²) < 4.78 is 0. The van der Waals surface area contributed by atoms with Crippen LogP contribution in [0.25, 0.3) is 21.5 Å². The molecule has 4 aromatic carbocycles. The molecule has 0 fully saturated rings. The van der Waals surface area contributed by atoms with E-state index in [4.69, 9.17) is 0 Å². The Kier molecular flexibility index (Phi) is 15.8. The van der Waals surface area contributed by atoms with Crippen molar-refractivity contribution in [2.45, 2.75) is 26.7 Å². The first-order valence-electron chi connectivity index (χ1n) is 8.46. The zero-order chi connectivity index (χ0) is 17.4. The Morgan fingerprint density at radius 1 is 0.667 bits per heavy atom. The predicted octanol–water partition coefficient (Wildman–Crippen LogP) is 8.01. The number of halogens is 2. The van der Waals surface area contributed by atoms with E-state index in [0.29, 0.717) is 0 Å². The molecule has 3 heteroatoms. The van der Waals surface area contributed by atoms with Crippen LogP contribution in [-0.2, 0) is 26.2 Å². The molecule has 0 bridgehead atoms. The van der Waals surface area contributed by atoms with Crippen LogP contribution in [0.5, 0.6) is 0 Å². The first-order valence-corrected chi connectivity index (χ1v) is 8.46. The molecule has 27 heavy (non-hydrogen) atoms. The fraction of sp³-hybridized carbons (Fsp3) is 0.167. The van der Waals surface area contributed by atoms with Crippen LogP contribution in [0.1, 0.15) is 24.0 Å². The number of unbranched alkanes of at least 4 members (excludes halogenated alkanes) is 1. The summed E-state index contributed by atoms with van der Waals surface area (Å²) in [6.45, 7) is 11.3. The van der Waals surface area contributed by atoms with E-state index >= 15 is 0 Å². The smallest absolute Gasteiger partial charge is 0.346 e. The van der Waals surface area contributed by atoms with Gasteiger partial charge in [-0.2, -0.15) is 12.1 Å². The zero-order valence-electron chi connectivity index (χ0n) is 16.1. The van der Waals surface area contributed by atoms with Crippen LogP contribution in [0, 0.1) is 27.7 Å². The van der Waals surface area contributed by atoms with Crippen molar-refractivity contribution in [2.24, 2.45) is 0 Å². The van der Waals surface area contributed by atoms with Crippen molar-refractivity contribution in [2.75, 3.05) is 0 Å². The Morgan fingerprint density at radius 2 is 1.00 bits per heavy atom. The summed E-state index contributed by atoms with van der Waals surface area (Å²) in [6, 6.07) is 25.7. The van der Waals surface area contributed by atoms with E-state index in [1.165, 1.54) is 32.7 Å². The number of aryl methyl sites for hydroxylation is 2. The summed E-state index contributed by atoms with van der Waals surface area (Å²) in [5.74, 6) is 0. The Labute approximate surface area is 196 Å². The van der Waals surface area contributed by atoms with Gasteiger partial charge >= 0.3 is 26.2 Å². The largest absolute Gasteiger partial charge is 4.00 e. The molecule has 4 aromatic rings. The second kappa shape index (κ2) is 15.1. The summed E-state index contributed by atoms with van der Waals surface area (Å²) in [5.41, 5.74) is 2.70. The predicted molar refractivity (Wildman–Crippen MR) is 123 cm³/mol. The second-order valence-corrected chi connectivity index (χ2v) is 6.03. The number of rotatable bonds is 1. The topological polar surface area (TPSA) is 0 Å². The number of fused-ring (bicyclic) bond motifs is 2. The molecule has 0 aliphatic rings. The van der Waals surface area contributed by atoms with Gasteiger partial charge in [0.1, 0.15) is 0 Å². The fourth-order valence-electron chi connectivity index (χ4n) is 2.61. The molecule has 0 unspecified atom stereocenters. The van der Waals surface area contributed by atoms with Crippen molar-refractivity contribution in [3.05, 3.63) is 97.8 Å². The Hall–Kier alpha value is -0.877. The van der Waals surface area contributed by atoms with Crippen LogP contribution >= 0.6 is 24.8 Å². The average Bonchev–Trinajstić information content (AvgIpc) is 3.15. The van der Waals surface area contributed by atoms with Gasteiger partial charge in [-0.15, -0.1) is 106 Å². The van der Waals surface area contributed by atoms with E-state index in [2.05, 4.69) is 100 Å². The SMILES string of the molecule is Cc1cc2ccccc2[cH-]1.Cc1cc2ccccc2[cH-]1.Cl.Cl.[CH2-]CC[CH2-].[Zr+4]. The first kappa shape index (κ1) is 28.3. The van der Waals surface area contributed by atoms with Crippen LogP contribution in [0.3, 0.4) is 0 Å². The molecule has 0 amide bonds. The third-order valence-corrected chi connectivity index (χ3v) is 3.77.